The number of likely N-dealkylation sites (tertiary alicyclic amines) is 1. The van der Waals surface area contributed by atoms with Crippen LogP contribution in [0.3, 0.4) is 0 Å². The predicted octanol–water partition coefficient (Wildman–Crippen LogP) is 1.63. The van der Waals surface area contributed by atoms with Crippen molar-refractivity contribution in [1.29, 1.82) is 0 Å². The van der Waals surface area contributed by atoms with Crippen LogP contribution in [0.2, 0.25) is 0 Å². The number of carbonyl (C=O) groups excluding carboxylic acids is 1. The highest BCUT2D eigenvalue weighted by Crippen LogP contribution is 2.20. The van der Waals surface area contributed by atoms with Crippen molar-refractivity contribution >= 4 is 5.91 Å². The molecule has 0 spiro atoms. The summed E-state index contributed by atoms with van der Waals surface area (Å²) in [6, 6.07) is 0.388. The number of piperidine rings is 1. The second-order valence-electron chi connectivity index (χ2n) is 6.10. The number of rotatable bonds is 7. The minimum atomic E-state index is 0.220. The van der Waals surface area contributed by atoms with Gasteiger partial charge in [-0.2, -0.15) is 0 Å². The topological polar surface area (TPSA) is 52.6 Å². The van der Waals surface area contributed by atoms with E-state index in [9.17, 15) is 4.79 Å². The molecule has 1 fully saturated rings. The van der Waals surface area contributed by atoms with Crippen LogP contribution in [-0.4, -0.2) is 48.2 Å². The van der Waals surface area contributed by atoms with Gasteiger partial charge in [0.1, 0.15) is 0 Å². The van der Waals surface area contributed by atoms with Crippen molar-refractivity contribution in [1.82, 2.24) is 10.2 Å². The minimum absolute atomic E-state index is 0.220. The molecular formula is C15H30N2O2. The van der Waals surface area contributed by atoms with E-state index < -0.39 is 0 Å². The average Bonchev–Trinajstić information content (AvgIpc) is 2.37. The molecule has 112 valence electrons. The van der Waals surface area contributed by atoms with E-state index in [1.807, 2.05) is 11.8 Å². The molecule has 2 N–H and O–H groups in total. The zero-order valence-corrected chi connectivity index (χ0v) is 12.7. The Hall–Kier alpha value is -0.610. The molecule has 1 amide bonds. The van der Waals surface area contributed by atoms with Crippen molar-refractivity contribution in [3.8, 4) is 0 Å². The van der Waals surface area contributed by atoms with Crippen molar-refractivity contribution in [2.75, 3.05) is 26.2 Å². The van der Waals surface area contributed by atoms with Gasteiger partial charge in [0.25, 0.3) is 0 Å². The fraction of sp³-hybridized carbons (Fsp3) is 0.933. The van der Waals surface area contributed by atoms with Crippen LogP contribution < -0.4 is 5.32 Å². The Morgan fingerprint density at radius 3 is 2.74 bits per heavy atom. The number of carbonyl (C=O) groups is 1. The van der Waals surface area contributed by atoms with Gasteiger partial charge >= 0.3 is 0 Å². The molecular weight excluding hydrogens is 240 g/mol. The van der Waals surface area contributed by atoms with E-state index >= 15 is 0 Å². The maximum Gasteiger partial charge on any atom is 0.222 e. The molecule has 1 rings (SSSR count). The predicted molar refractivity (Wildman–Crippen MR) is 77.9 cm³/mol. The van der Waals surface area contributed by atoms with Crippen molar-refractivity contribution in [2.45, 2.75) is 52.5 Å². The fourth-order valence-electron chi connectivity index (χ4n) is 2.75. The van der Waals surface area contributed by atoms with Crippen LogP contribution in [0.15, 0.2) is 0 Å². The first-order chi connectivity index (χ1) is 9.06. The Kier molecular flexibility index (Phi) is 7.39. The van der Waals surface area contributed by atoms with Crippen molar-refractivity contribution in [3.05, 3.63) is 0 Å². The number of aliphatic hydroxyl groups is 1. The first-order valence-corrected chi connectivity index (χ1v) is 7.68. The van der Waals surface area contributed by atoms with Crippen LogP contribution in [0, 0.1) is 11.8 Å². The second-order valence-corrected chi connectivity index (χ2v) is 6.10. The lowest BCUT2D eigenvalue weighted by Crippen LogP contribution is -2.51. The monoisotopic (exact) mass is 270 g/mol. The first-order valence-electron chi connectivity index (χ1n) is 7.68. The van der Waals surface area contributed by atoms with Crippen LogP contribution in [-0.2, 0) is 4.79 Å². The van der Waals surface area contributed by atoms with E-state index in [-0.39, 0.29) is 12.5 Å². The molecule has 1 aliphatic rings. The van der Waals surface area contributed by atoms with Gasteiger partial charge in [-0.1, -0.05) is 20.8 Å². The molecule has 19 heavy (non-hydrogen) atoms. The van der Waals surface area contributed by atoms with E-state index in [1.165, 1.54) is 6.42 Å². The third-order valence-corrected chi connectivity index (χ3v) is 3.88. The normalized spacial score (nSPS) is 23.9. The van der Waals surface area contributed by atoms with Crippen LogP contribution in [0.5, 0.6) is 0 Å². The van der Waals surface area contributed by atoms with Gasteiger partial charge in [0, 0.05) is 32.2 Å². The fourth-order valence-corrected chi connectivity index (χ4v) is 2.75. The summed E-state index contributed by atoms with van der Waals surface area (Å²) in [6.07, 6.45) is 3.62. The van der Waals surface area contributed by atoms with Gasteiger partial charge in [-0.05, 0) is 37.6 Å². The van der Waals surface area contributed by atoms with Crippen molar-refractivity contribution in [2.24, 2.45) is 11.8 Å². The van der Waals surface area contributed by atoms with Crippen molar-refractivity contribution in [3.63, 3.8) is 0 Å². The number of aliphatic hydroxyl groups excluding tert-OH is 1. The average molecular weight is 270 g/mol. The first kappa shape index (κ1) is 16.4. The van der Waals surface area contributed by atoms with Gasteiger partial charge in [0.2, 0.25) is 5.91 Å². The highest BCUT2D eigenvalue weighted by atomic mass is 16.3. The van der Waals surface area contributed by atoms with E-state index in [1.54, 1.807) is 0 Å². The maximum atomic E-state index is 11.9. The number of amides is 1. The van der Waals surface area contributed by atoms with E-state index in [2.05, 4.69) is 19.2 Å². The van der Waals surface area contributed by atoms with Crippen LogP contribution in [0.1, 0.15) is 46.5 Å². The zero-order chi connectivity index (χ0) is 14.3. The molecule has 0 aromatic carbocycles. The molecule has 4 heteroatoms. The quantitative estimate of drug-likeness (QED) is 0.739. The minimum Gasteiger partial charge on any atom is -0.396 e. The Labute approximate surface area is 117 Å². The summed E-state index contributed by atoms with van der Waals surface area (Å²) in [6.45, 7) is 9.25. The molecule has 1 aliphatic heterocycles. The number of hydrogen-bond acceptors (Lipinski definition) is 3. The molecule has 2 atom stereocenters. The summed E-state index contributed by atoms with van der Waals surface area (Å²) in [5.74, 6) is 1.38. The van der Waals surface area contributed by atoms with Crippen LogP contribution in [0.4, 0.5) is 0 Å². The number of hydrogen-bond donors (Lipinski definition) is 2. The largest absolute Gasteiger partial charge is 0.396 e. The molecule has 1 saturated heterocycles. The van der Waals surface area contributed by atoms with Gasteiger partial charge in [0.05, 0.1) is 0 Å². The standard InChI is InChI=1S/C15H30N2O2/c1-4-15(19)17-10-13(6-8-18)9-14(11-17)16-7-5-12(2)3/h12-14,16,18H,4-11H2,1-3H3. The Morgan fingerprint density at radius 2 is 2.16 bits per heavy atom. The zero-order valence-electron chi connectivity index (χ0n) is 12.7. The molecule has 0 aromatic rings. The van der Waals surface area contributed by atoms with Gasteiger partial charge in [-0.25, -0.2) is 0 Å². The van der Waals surface area contributed by atoms with Crippen LogP contribution >= 0.6 is 0 Å². The Morgan fingerprint density at radius 1 is 1.42 bits per heavy atom. The summed E-state index contributed by atoms with van der Waals surface area (Å²) in [5, 5.41) is 12.7. The highest BCUT2D eigenvalue weighted by molar-refractivity contribution is 5.76. The molecule has 0 aliphatic carbocycles. The molecule has 0 radical (unpaired) electrons. The van der Waals surface area contributed by atoms with Gasteiger partial charge in [-0.15, -0.1) is 0 Å². The lowest BCUT2D eigenvalue weighted by molar-refractivity contribution is -0.133. The number of nitrogens with zero attached hydrogens (tertiary/aromatic N) is 1. The molecule has 0 aromatic heterocycles. The Balaban J connectivity index is 2.47. The Bertz CT molecular complexity index is 269. The lowest BCUT2D eigenvalue weighted by atomic mass is 9.91. The molecule has 0 saturated carbocycles. The summed E-state index contributed by atoms with van der Waals surface area (Å²) < 4.78 is 0. The lowest BCUT2D eigenvalue weighted by Gasteiger charge is -2.38. The van der Waals surface area contributed by atoms with Gasteiger partial charge < -0.3 is 15.3 Å². The number of nitrogens with one attached hydrogen (secondary N) is 1. The highest BCUT2D eigenvalue weighted by Gasteiger charge is 2.28. The summed E-state index contributed by atoms with van der Waals surface area (Å²) >= 11 is 0. The van der Waals surface area contributed by atoms with E-state index in [0.29, 0.717) is 24.3 Å². The van der Waals surface area contributed by atoms with Gasteiger partial charge in [0.15, 0.2) is 0 Å². The van der Waals surface area contributed by atoms with Crippen LogP contribution in [0.25, 0.3) is 0 Å². The molecule has 0 bridgehead atoms. The summed E-state index contributed by atoms with van der Waals surface area (Å²) in [4.78, 5) is 13.8. The molecule has 4 nitrogen and oxygen atoms in total. The molecule has 1 heterocycles. The van der Waals surface area contributed by atoms with E-state index in [0.717, 1.165) is 32.5 Å². The summed E-state index contributed by atoms with van der Waals surface area (Å²) in [7, 11) is 0. The SMILES string of the molecule is CCC(=O)N1CC(CCO)CC(NCCC(C)C)C1. The van der Waals surface area contributed by atoms with Gasteiger partial charge in [-0.3, -0.25) is 4.79 Å². The maximum absolute atomic E-state index is 11.9. The summed E-state index contributed by atoms with van der Waals surface area (Å²) in [5.41, 5.74) is 0. The third kappa shape index (κ3) is 5.91. The van der Waals surface area contributed by atoms with Crippen molar-refractivity contribution < 1.29 is 9.90 Å². The molecule has 2 unspecified atom stereocenters. The smallest absolute Gasteiger partial charge is 0.222 e. The second kappa shape index (κ2) is 8.54. The van der Waals surface area contributed by atoms with E-state index in [4.69, 9.17) is 5.11 Å². The third-order valence-electron chi connectivity index (χ3n) is 3.88.